The predicted octanol–water partition coefficient (Wildman–Crippen LogP) is 2.01. The standard InChI is InChI=1S/C17H22FN3O4/c1-20(2)16-14(17(23)21(3)8-5-9-22)15(25-19-16)11-6-7-12(18)13(10-11)24-4/h6-7,10,22H,5,8-9H2,1-4H3. The molecule has 0 aliphatic heterocycles. The van der Waals surface area contributed by atoms with Gasteiger partial charge < -0.3 is 24.2 Å². The number of benzene rings is 1. The highest BCUT2D eigenvalue weighted by atomic mass is 19.1. The molecule has 0 atom stereocenters. The molecule has 1 amide bonds. The van der Waals surface area contributed by atoms with Crippen LogP contribution in [0.2, 0.25) is 0 Å². The number of hydrogen-bond donors (Lipinski definition) is 1. The molecule has 0 fully saturated rings. The van der Waals surface area contributed by atoms with Crippen molar-refractivity contribution in [2.45, 2.75) is 6.42 Å². The Bertz CT molecular complexity index is 745. The molecule has 2 aromatic rings. The summed E-state index contributed by atoms with van der Waals surface area (Å²) < 4.78 is 24.1. The van der Waals surface area contributed by atoms with E-state index >= 15 is 0 Å². The van der Waals surface area contributed by atoms with Gasteiger partial charge in [0.1, 0.15) is 5.56 Å². The highest BCUT2D eigenvalue weighted by molar-refractivity contribution is 6.04. The lowest BCUT2D eigenvalue weighted by Crippen LogP contribution is -2.29. The molecule has 0 saturated heterocycles. The van der Waals surface area contributed by atoms with Crippen molar-refractivity contribution < 1.29 is 23.6 Å². The normalized spacial score (nSPS) is 10.6. The number of aromatic nitrogens is 1. The first-order chi connectivity index (χ1) is 11.9. The molecule has 0 radical (unpaired) electrons. The summed E-state index contributed by atoms with van der Waals surface area (Å²) in [5, 5.41) is 12.9. The van der Waals surface area contributed by atoms with Crippen molar-refractivity contribution in [1.29, 1.82) is 0 Å². The van der Waals surface area contributed by atoms with Gasteiger partial charge in [-0.15, -0.1) is 0 Å². The van der Waals surface area contributed by atoms with Gasteiger partial charge in [0.05, 0.1) is 7.11 Å². The zero-order chi connectivity index (χ0) is 18.6. The molecule has 25 heavy (non-hydrogen) atoms. The summed E-state index contributed by atoms with van der Waals surface area (Å²) in [6.45, 7) is 0.378. The molecule has 0 unspecified atom stereocenters. The van der Waals surface area contributed by atoms with E-state index in [0.717, 1.165) is 0 Å². The maximum atomic E-state index is 13.7. The fourth-order valence-corrected chi connectivity index (χ4v) is 2.38. The average Bonchev–Trinajstić information content (AvgIpc) is 3.04. The van der Waals surface area contributed by atoms with E-state index in [-0.39, 0.29) is 29.6 Å². The number of carbonyl (C=O) groups is 1. The first-order valence-electron chi connectivity index (χ1n) is 7.78. The van der Waals surface area contributed by atoms with E-state index in [2.05, 4.69) is 5.16 Å². The topological polar surface area (TPSA) is 79.0 Å². The molecule has 0 saturated carbocycles. The van der Waals surface area contributed by atoms with Crippen molar-refractivity contribution in [2.24, 2.45) is 0 Å². The first kappa shape index (κ1) is 18.7. The van der Waals surface area contributed by atoms with E-state index in [0.29, 0.717) is 24.3 Å². The van der Waals surface area contributed by atoms with Crippen molar-refractivity contribution in [3.8, 4) is 17.1 Å². The number of aliphatic hydroxyl groups excluding tert-OH is 1. The number of aliphatic hydroxyl groups is 1. The molecular formula is C17H22FN3O4. The molecule has 136 valence electrons. The molecule has 1 aromatic carbocycles. The van der Waals surface area contributed by atoms with Crippen LogP contribution in [0, 0.1) is 5.82 Å². The van der Waals surface area contributed by atoms with Crippen LogP contribution in [0.5, 0.6) is 5.75 Å². The van der Waals surface area contributed by atoms with E-state index in [9.17, 15) is 9.18 Å². The van der Waals surface area contributed by atoms with Gasteiger partial charge >= 0.3 is 0 Å². The Balaban J connectivity index is 2.51. The summed E-state index contributed by atoms with van der Waals surface area (Å²) in [4.78, 5) is 16.0. The van der Waals surface area contributed by atoms with Crippen LogP contribution in [0.4, 0.5) is 10.2 Å². The second-order valence-electron chi connectivity index (χ2n) is 5.76. The van der Waals surface area contributed by atoms with Crippen LogP contribution in [0.15, 0.2) is 22.7 Å². The van der Waals surface area contributed by atoms with Crippen molar-refractivity contribution in [2.75, 3.05) is 46.3 Å². The Hall–Kier alpha value is -2.61. The van der Waals surface area contributed by atoms with E-state index < -0.39 is 5.82 Å². The monoisotopic (exact) mass is 351 g/mol. The van der Waals surface area contributed by atoms with E-state index in [1.54, 1.807) is 26.0 Å². The molecule has 0 aliphatic carbocycles. The predicted molar refractivity (Wildman–Crippen MR) is 91.4 cm³/mol. The number of rotatable bonds is 7. The molecule has 8 heteroatoms. The van der Waals surface area contributed by atoms with Crippen molar-refractivity contribution in [1.82, 2.24) is 10.1 Å². The third-order valence-corrected chi connectivity index (χ3v) is 3.72. The maximum absolute atomic E-state index is 13.7. The number of anilines is 1. The smallest absolute Gasteiger partial charge is 0.261 e. The Labute approximate surface area is 145 Å². The van der Waals surface area contributed by atoms with Gasteiger partial charge in [-0.2, -0.15) is 0 Å². The van der Waals surface area contributed by atoms with Crippen LogP contribution in [0.25, 0.3) is 11.3 Å². The number of hydrogen-bond acceptors (Lipinski definition) is 6. The molecule has 1 heterocycles. The lowest BCUT2D eigenvalue weighted by atomic mass is 10.1. The summed E-state index contributed by atoms with van der Waals surface area (Å²) >= 11 is 0. The number of amides is 1. The molecule has 7 nitrogen and oxygen atoms in total. The van der Waals surface area contributed by atoms with Gasteiger partial charge in [0.2, 0.25) is 0 Å². The Morgan fingerprint density at radius 2 is 2.08 bits per heavy atom. The second kappa shape index (κ2) is 7.98. The van der Waals surface area contributed by atoms with Crippen LogP contribution in [-0.4, -0.2) is 62.5 Å². The molecule has 0 aliphatic rings. The third-order valence-electron chi connectivity index (χ3n) is 3.72. The van der Waals surface area contributed by atoms with Crippen molar-refractivity contribution in [3.05, 3.63) is 29.6 Å². The van der Waals surface area contributed by atoms with Gasteiger partial charge in [-0.3, -0.25) is 4.79 Å². The molecule has 1 N–H and O–H groups in total. The minimum atomic E-state index is -0.508. The molecule has 0 bridgehead atoms. The van der Waals surface area contributed by atoms with E-state index in [1.807, 2.05) is 0 Å². The average molecular weight is 351 g/mol. The van der Waals surface area contributed by atoms with Gasteiger partial charge in [-0.1, -0.05) is 5.16 Å². The summed E-state index contributed by atoms with van der Waals surface area (Å²) in [5.74, 6) is -0.141. The fourth-order valence-electron chi connectivity index (χ4n) is 2.38. The fraction of sp³-hybridized carbons (Fsp3) is 0.412. The van der Waals surface area contributed by atoms with Crippen LogP contribution in [0.3, 0.4) is 0 Å². The van der Waals surface area contributed by atoms with E-state index in [1.165, 1.54) is 30.2 Å². The van der Waals surface area contributed by atoms with Crippen LogP contribution >= 0.6 is 0 Å². The van der Waals surface area contributed by atoms with E-state index in [4.69, 9.17) is 14.4 Å². The highest BCUT2D eigenvalue weighted by Crippen LogP contribution is 2.34. The number of nitrogens with zero attached hydrogens (tertiary/aromatic N) is 3. The minimum Gasteiger partial charge on any atom is -0.494 e. The third kappa shape index (κ3) is 3.90. The van der Waals surface area contributed by atoms with Gasteiger partial charge in [0, 0.05) is 39.9 Å². The minimum absolute atomic E-state index is 0.0101. The number of carbonyl (C=O) groups excluding carboxylic acids is 1. The summed E-state index contributed by atoms with van der Waals surface area (Å²) in [7, 11) is 6.50. The number of ether oxygens (including phenoxy) is 1. The second-order valence-corrected chi connectivity index (χ2v) is 5.76. The number of methoxy groups -OCH3 is 1. The van der Waals surface area contributed by atoms with Crippen molar-refractivity contribution in [3.63, 3.8) is 0 Å². The quantitative estimate of drug-likeness (QED) is 0.822. The Morgan fingerprint density at radius 1 is 1.36 bits per heavy atom. The van der Waals surface area contributed by atoms with Crippen LogP contribution < -0.4 is 9.64 Å². The zero-order valence-corrected chi connectivity index (χ0v) is 14.7. The summed E-state index contributed by atoms with van der Waals surface area (Å²) in [6.07, 6.45) is 0.463. The molecule has 0 spiro atoms. The maximum Gasteiger partial charge on any atom is 0.261 e. The number of halogens is 1. The lowest BCUT2D eigenvalue weighted by Gasteiger charge is -2.18. The molecular weight excluding hydrogens is 329 g/mol. The summed E-state index contributed by atoms with van der Waals surface area (Å²) in [5.41, 5.74) is 0.761. The van der Waals surface area contributed by atoms with Crippen LogP contribution in [-0.2, 0) is 0 Å². The highest BCUT2D eigenvalue weighted by Gasteiger charge is 2.28. The van der Waals surface area contributed by atoms with Gasteiger partial charge in [0.25, 0.3) is 5.91 Å². The summed E-state index contributed by atoms with van der Waals surface area (Å²) in [6, 6.07) is 4.21. The van der Waals surface area contributed by atoms with Crippen molar-refractivity contribution >= 4 is 11.7 Å². The SMILES string of the molecule is COc1cc(-c2onc(N(C)C)c2C(=O)N(C)CCCO)ccc1F. The lowest BCUT2D eigenvalue weighted by molar-refractivity contribution is 0.0787. The Morgan fingerprint density at radius 3 is 2.68 bits per heavy atom. The van der Waals surface area contributed by atoms with Gasteiger partial charge in [-0.25, -0.2) is 4.39 Å². The van der Waals surface area contributed by atoms with Gasteiger partial charge in [-0.05, 0) is 24.6 Å². The van der Waals surface area contributed by atoms with Crippen LogP contribution in [0.1, 0.15) is 16.8 Å². The largest absolute Gasteiger partial charge is 0.494 e. The first-order valence-corrected chi connectivity index (χ1v) is 7.78. The zero-order valence-electron chi connectivity index (χ0n) is 14.7. The molecule has 2 rings (SSSR count). The Kier molecular flexibility index (Phi) is 5.97. The molecule has 1 aromatic heterocycles. The van der Waals surface area contributed by atoms with Gasteiger partial charge in [0.15, 0.2) is 23.1 Å².